The van der Waals surface area contributed by atoms with Gasteiger partial charge in [-0.05, 0) is 51.6 Å². The maximum Gasteiger partial charge on any atom is 0.275 e. The normalized spacial score (nSPS) is 13.9. The van der Waals surface area contributed by atoms with E-state index in [0.29, 0.717) is 46.4 Å². The number of ether oxygens (including phenoxy) is 1. The van der Waals surface area contributed by atoms with E-state index in [1.54, 1.807) is 12.1 Å². The Morgan fingerprint density at radius 3 is 2.58 bits per heavy atom. The molecule has 33 heavy (non-hydrogen) atoms. The van der Waals surface area contributed by atoms with E-state index >= 15 is 0 Å². The Labute approximate surface area is 196 Å². The Hall–Kier alpha value is -2.89. The molecule has 1 aromatic carbocycles. The summed E-state index contributed by atoms with van der Waals surface area (Å²) in [6.45, 7) is 1.47. The highest BCUT2D eigenvalue weighted by atomic mass is 32.2. The van der Waals surface area contributed by atoms with Gasteiger partial charge in [0, 0.05) is 18.2 Å². The summed E-state index contributed by atoms with van der Waals surface area (Å²) >= 11 is 1.19. The van der Waals surface area contributed by atoms with Gasteiger partial charge < -0.3 is 9.64 Å². The lowest BCUT2D eigenvalue weighted by atomic mass is 10.1. The van der Waals surface area contributed by atoms with E-state index in [9.17, 15) is 13.2 Å². The van der Waals surface area contributed by atoms with Gasteiger partial charge in [-0.15, -0.1) is 0 Å². The molecule has 0 saturated heterocycles. The van der Waals surface area contributed by atoms with Crippen LogP contribution in [0.4, 0.5) is 5.13 Å². The highest BCUT2D eigenvalue weighted by Crippen LogP contribution is 2.33. The van der Waals surface area contributed by atoms with E-state index < -0.39 is 15.7 Å². The van der Waals surface area contributed by atoms with E-state index in [1.165, 1.54) is 35.6 Å². The number of sulfone groups is 1. The zero-order valence-corrected chi connectivity index (χ0v) is 20.0. The van der Waals surface area contributed by atoms with Gasteiger partial charge in [-0.25, -0.2) is 18.4 Å². The van der Waals surface area contributed by atoms with E-state index in [0.717, 1.165) is 13.0 Å². The number of thiazole rings is 1. The van der Waals surface area contributed by atoms with Crippen LogP contribution in [0.2, 0.25) is 0 Å². The fraction of sp³-hybridized carbons (Fsp3) is 0.364. The number of fused-ring (bicyclic) bond motifs is 1. The van der Waals surface area contributed by atoms with Crippen molar-refractivity contribution in [2.24, 2.45) is 0 Å². The molecule has 0 radical (unpaired) electrons. The first-order chi connectivity index (χ1) is 15.7. The summed E-state index contributed by atoms with van der Waals surface area (Å²) in [4.78, 5) is 24.3. The standard InChI is InChI=1S/C22H25N5O4S2/c1-27(2)12-3-13-31-18-11-10-17-21(25-18)32-22(24-17)26-20(28)19(23)14-4-6-15(7-5-14)33(29,30)16-8-9-16/h4-7,10-11,16,23H,3,8-9,12-13H2,1-2H3,(H,24,26,28). The maximum absolute atomic E-state index is 12.5. The van der Waals surface area contributed by atoms with Gasteiger partial charge in [0.05, 0.1) is 16.8 Å². The number of carbonyl (C=O) groups is 1. The number of nitrogens with zero attached hydrogens (tertiary/aromatic N) is 3. The Morgan fingerprint density at radius 2 is 1.91 bits per heavy atom. The molecule has 0 unspecified atom stereocenters. The number of aromatic nitrogens is 2. The molecule has 11 heteroatoms. The molecule has 2 aromatic heterocycles. The second-order valence-electron chi connectivity index (χ2n) is 8.10. The third-order valence-corrected chi connectivity index (χ3v) is 8.27. The summed E-state index contributed by atoms with van der Waals surface area (Å²) < 4.78 is 30.3. The van der Waals surface area contributed by atoms with Gasteiger partial charge in [0.25, 0.3) is 5.91 Å². The Morgan fingerprint density at radius 1 is 1.18 bits per heavy atom. The second kappa shape index (κ2) is 9.54. The summed E-state index contributed by atoms with van der Waals surface area (Å²) in [7, 11) is 0.706. The molecular weight excluding hydrogens is 462 g/mol. The number of hydrogen-bond donors (Lipinski definition) is 2. The lowest BCUT2D eigenvalue weighted by Gasteiger charge is -2.09. The minimum absolute atomic E-state index is 0.221. The van der Waals surface area contributed by atoms with Crippen molar-refractivity contribution >= 4 is 48.3 Å². The third-order valence-electron chi connectivity index (χ3n) is 5.11. The molecule has 1 aliphatic carbocycles. The molecule has 1 saturated carbocycles. The van der Waals surface area contributed by atoms with Crippen molar-refractivity contribution < 1.29 is 17.9 Å². The monoisotopic (exact) mass is 487 g/mol. The Kier molecular flexibility index (Phi) is 6.73. The zero-order chi connectivity index (χ0) is 23.6. The van der Waals surface area contributed by atoms with Crippen LogP contribution in [-0.2, 0) is 14.6 Å². The number of pyridine rings is 1. The van der Waals surface area contributed by atoms with Gasteiger partial charge in [0.1, 0.15) is 16.1 Å². The summed E-state index contributed by atoms with van der Waals surface area (Å²) in [5, 5.41) is 10.8. The molecule has 174 valence electrons. The predicted octanol–water partition coefficient (Wildman–Crippen LogP) is 2.96. The van der Waals surface area contributed by atoms with Gasteiger partial charge >= 0.3 is 0 Å². The smallest absolute Gasteiger partial charge is 0.275 e. The largest absolute Gasteiger partial charge is 0.478 e. The molecule has 0 aliphatic heterocycles. The van der Waals surface area contributed by atoms with Crippen molar-refractivity contribution in [2.45, 2.75) is 29.4 Å². The van der Waals surface area contributed by atoms with Crippen LogP contribution < -0.4 is 10.1 Å². The number of nitrogens with one attached hydrogen (secondary N) is 2. The molecular formula is C22H25N5O4S2. The van der Waals surface area contributed by atoms with Gasteiger partial charge in [-0.1, -0.05) is 23.5 Å². The van der Waals surface area contributed by atoms with Crippen LogP contribution >= 0.6 is 11.3 Å². The number of carbonyl (C=O) groups excluding carboxylic acids is 1. The van der Waals surface area contributed by atoms with E-state index in [1.807, 2.05) is 14.1 Å². The number of amides is 1. The average molecular weight is 488 g/mol. The quantitative estimate of drug-likeness (QED) is 0.333. The lowest BCUT2D eigenvalue weighted by molar-refractivity contribution is -0.110. The van der Waals surface area contributed by atoms with Crippen LogP contribution in [0.3, 0.4) is 0 Å². The van der Waals surface area contributed by atoms with Gasteiger partial charge in [0.2, 0.25) is 5.88 Å². The fourth-order valence-electron chi connectivity index (χ4n) is 3.16. The number of anilines is 1. The molecule has 1 fully saturated rings. The summed E-state index contributed by atoms with van der Waals surface area (Å²) in [5.41, 5.74) is 0.675. The minimum Gasteiger partial charge on any atom is -0.478 e. The van der Waals surface area contributed by atoms with Crippen LogP contribution in [0.25, 0.3) is 10.3 Å². The molecule has 0 atom stereocenters. The van der Waals surface area contributed by atoms with Gasteiger partial charge in [-0.3, -0.25) is 15.5 Å². The minimum atomic E-state index is -3.31. The van der Waals surface area contributed by atoms with Crippen LogP contribution in [0.15, 0.2) is 41.3 Å². The Balaban J connectivity index is 1.39. The van der Waals surface area contributed by atoms with Gasteiger partial charge in [0.15, 0.2) is 15.0 Å². The topological polar surface area (TPSA) is 125 Å². The molecule has 4 rings (SSSR count). The van der Waals surface area contributed by atoms with Crippen molar-refractivity contribution in [1.82, 2.24) is 14.9 Å². The van der Waals surface area contributed by atoms with Crippen molar-refractivity contribution in [3.8, 4) is 5.88 Å². The van der Waals surface area contributed by atoms with Gasteiger partial charge in [-0.2, -0.15) is 0 Å². The average Bonchev–Trinajstić information content (AvgIpc) is 3.57. The fourth-order valence-corrected chi connectivity index (χ4v) is 5.65. The van der Waals surface area contributed by atoms with Crippen molar-refractivity contribution in [3.05, 3.63) is 42.0 Å². The first kappa shape index (κ1) is 23.3. The molecule has 2 heterocycles. The third kappa shape index (κ3) is 5.55. The molecule has 0 spiro atoms. The second-order valence-corrected chi connectivity index (χ2v) is 11.3. The van der Waals surface area contributed by atoms with Crippen LogP contribution in [0, 0.1) is 5.41 Å². The summed E-state index contributed by atoms with van der Waals surface area (Å²) in [6, 6.07) is 9.38. The molecule has 0 bridgehead atoms. The lowest BCUT2D eigenvalue weighted by Crippen LogP contribution is -2.22. The van der Waals surface area contributed by atoms with Crippen molar-refractivity contribution in [2.75, 3.05) is 32.6 Å². The van der Waals surface area contributed by atoms with Crippen molar-refractivity contribution in [3.63, 3.8) is 0 Å². The Bertz CT molecular complexity index is 1280. The molecule has 2 N–H and O–H groups in total. The SMILES string of the molecule is CN(C)CCCOc1ccc2nc(NC(=O)C(=N)c3ccc(S(=O)(=O)C4CC4)cc3)sc2n1. The summed E-state index contributed by atoms with van der Waals surface area (Å²) in [5.74, 6) is -0.135. The highest BCUT2D eigenvalue weighted by Gasteiger charge is 2.36. The predicted molar refractivity (Wildman–Crippen MR) is 128 cm³/mol. The van der Waals surface area contributed by atoms with E-state index in [4.69, 9.17) is 10.1 Å². The molecule has 3 aromatic rings. The zero-order valence-electron chi connectivity index (χ0n) is 18.4. The van der Waals surface area contributed by atoms with Crippen molar-refractivity contribution in [1.29, 1.82) is 5.41 Å². The summed E-state index contributed by atoms with van der Waals surface area (Å²) in [6.07, 6.45) is 2.25. The molecule has 9 nitrogen and oxygen atoms in total. The van der Waals surface area contributed by atoms with Crippen LogP contribution in [-0.4, -0.2) is 67.4 Å². The van der Waals surface area contributed by atoms with E-state index in [-0.39, 0.29) is 15.9 Å². The van der Waals surface area contributed by atoms with E-state index in [2.05, 4.69) is 20.2 Å². The maximum atomic E-state index is 12.5. The van der Waals surface area contributed by atoms with Crippen LogP contribution in [0.5, 0.6) is 5.88 Å². The first-order valence-corrected chi connectivity index (χ1v) is 12.9. The molecule has 1 aliphatic rings. The number of rotatable bonds is 10. The highest BCUT2D eigenvalue weighted by molar-refractivity contribution is 7.92. The first-order valence-electron chi connectivity index (χ1n) is 10.5. The number of benzene rings is 1. The number of hydrogen-bond acceptors (Lipinski definition) is 9. The molecule has 1 amide bonds. The van der Waals surface area contributed by atoms with Crippen LogP contribution in [0.1, 0.15) is 24.8 Å².